The first-order chi connectivity index (χ1) is 9.22. The molecule has 0 fully saturated rings. The van der Waals surface area contributed by atoms with Gasteiger partial charge in [-0.15, -0.1) is 0 Å². The highest BCUT2D eigenvalue weighted by Gasteiger charge is 2.05. The van der Waals surface area contributed by atoms with Crippen LogP contribution in [-0.2, 0) is 6.61 Å². The van der Waals surface area contributed by atoms with Crippen LogP contribution in [0, 0.1) is 0 Å². The average Bonchev–Trinajstić information content (AvgIpc) is 2.47. The standard InChI is InChI=1S/C12H12N4O3/c13-11(16-18)10-5-6-14-12(15-10)19-9-3-1-8(7-17)2-4-9/h1-6,17-18H,7H2,(H2,13,16). The molecule has 0 atom stereocenters. The third kappa shape index (κ3) is 3.17. The van der Waals surface area contributed by atoms with Gasteiger partial charge < -0.3 is 20.8 Å². The quantitative estimate of drug-likeness (QED) is 0.325. The van der Waals surface area contributed by atoms with Crippen molar-refractivity contribution in [1.82, 2.24) is 9.97 Å². The molecule has 1 aromatic carbocycles. The molecule has 0 aliphatic carbocycles. The van der Waals surface area contributed by atoms with Crippen LogP contribution >= 0.6 is 0 Å². The summed E-state index contributed by atoms with van der Waals surface area (Å²) in [5.41, 5.74) is 6.46. The zero-order chi connectivity index (χ0) is 13.7. The number of hydrogen-bond acceptors (Lipinski definition) is 6. The lowest BCUT2D eigenvalue weighted by Crippen LogP contribution is -2.15. The molecule has 7 heteroatoms. The number of aliphatic hydroxyl groups is 1. The molecule has 2 aromatic rings. The van der Waals surface area contributed by atoms with Gasteiger partial charge in [-0.2, -0.15) is 4.98 Å². The number of hydrogen-bond donors (Lipinski definition) is 3. The Labute approximate surface area is 109 Å². The predicted octanol–water partition coefficient (Wildman–Crippen LogP) is 0.856. The van der Waals surface area contributed by atoms with Gasteiger partial charge in [0, 0.05) is 6.20 Å². The molecule has 0 amide bonds. The molecule has 98 valence electrons. The Kier molecular flexibility index (Phi) is 3.89. The zero-order valence-corrected chi connectivity index (χ0v) is 9.89. The summed E-state index contributed by atoms with van der Waals surface area (Å²) in [5.74, 6) is 0.400. The summed E-state index contributed by atoms with van der Waals surface area (Å²) in [4.78, 5) is 7.90. The van der Waals surface area contributed by atoms with Crippen LogP contribution in [-0.4, -0.2) is 26.1 Å². The van der Waals surface area contributed by atoms with E-state index in [1.807, 2.05) is 0 Å². The van der Waals surface area contributed by atoms with E-state index in [1.54, 1.807) is 24.3 Å². The van der Waals surface area contributed by atoms with Crippen molar-refractivity contribution in [1.29, 1.82) is 0 Å². The van der Waals surface area contributed by atoms with E-state index in [9.17, 15) is 0 Å². The lowest BCUT2D eigenvalue weighted by Gasteiger charge is -2.05. The van der Waals surface area contributed by atoms with Crippen LogP contribution in [0.25, 0.3) is 0 Å². The summed E-state index contributed by atoms with van der Waals surface area (Å²) in [7, 11) is 0. The number of oxime groups is 1. The van der Waals surface area contributed by atoms with Crippen molar-refractivity contribution in [2.75, 3.05) is 0 Å². The summed E-state index contributed by atoms with van der Waals surface area (Å²) in [6.07, 6.45) is 1.44. The van der Waals surface area contributed by atoms with Crippen molar-refractivity contribution < 1.29 is 15.1 Å². The van der Waals surface area contributed by atoms with E-state index < -0.39 is 0 Å². The van der Waals surface area contributed by atoms with Gasteiger partial charge in [0.25, 0.3) is 0 Å². The van der Waals surface area contributed by atoms with Crippen LogP contribution in [0.5, 0.6) is 11.8 Å². The Morgan fingerprint density at radius 3 is 2.63 bits per heavy atom. The highest BCUT2D eigenvalue weighted by molar-refractivity contribution is 5.95. The summed E-state index contributed by atoms with van der Waals surface area (Å²) in [5, 5.41) is 20.3. The number of aromatic nitrogens is 2. The van der Waals surface area contributed by atoms with Gasteiger partial charge >= 0.3 is 6.01 Å². The van der Waals surface area contributed by atoms with E-state index >= 15 is 0 Å². The first-order valence-electron chi connectivity index (χ1n) is 5.41. The SMILES string of the molecule is N/C(=N/O)c1ccnc(Oc2ccc(CO)cc2)n1. The normalized spacial score (nSPS) is 11.3. The molecule has 2 rings (SSSR count). The Balaban J connectivity index is 2.18. The second kappa shape index (κ2) is 5.78. The molecule has 7 nitrogen and oxygen atoms in total. The van der Waals surface area contributed by atoms with Gasteiger partial charge in [-0.1, -0.05) is 17.3 Å². The highest BCUT2D eigenvalue weighted by atomic mass is 16.5. The summed E-state index contributed by atoms with van der Waals surface area (Å²) in [6.45, 7) is -0.0320. The highest BCUT2D eigenvalue weighted by Crippen LogP contribution is 2.18. The van der Waals surface area contributed by atoms with Gasteiger partial charge in [0.05, 0.1) is 6.61 Å². The number of rotatable bonds is 4. The van der Waals surface area contributed by atoms with Crippen molar-refractivity contribution in [2.45, 2.75) is 6.61 Å². The van der Waals surface area contributed by atoms with Crippen LogP contribution in [0.3, 0.4) is 0 Å². The van der Waals surface area contributed by atoms with Gasteiger partial charge in [0.1, 0.15) is 11.4 Å². The van der Waals surface area contributed by atoms with Crippen LogP contribution in [0.4, 0.5) is 0 Å². The summed E-state index contributed by atoms with van der Waals surface area (Å²) < 4.78 is 5.42. The molecule has 0 spiro atoms. The maximum absolute atomic E-state index is 8.93. The van der Waals surface area contributed by atoms with Crippen LogP contribution < -0.4 is 10.5 Å². The number of ether oxygens (including phenoxy) is 1. The van der Waals surface area contributed by atoms with Crippen molar-refractivity contribution >= 4 is 5.84 Å². The minimum Gasteiger partial charge on any atom is -0.424 e. The fourth-order valence-corrected chi connectivity index (χ4v) is 1.35. The smallest absolute Gasteiger partial charge is 0.322 e. The third-order valence-corrected chi connectivity index (χ3v) is 2.32. The molecule has 1 aromatic heterocycles. The molecule has 0 radical (unpaired) electrons. The van der Waals surface area contributed by atoms with Gasteiger partial charge in [-0.05, 0) is 23.8 Å². The molecule has 0 aliphatic heterocycles. The Bertz CT molecular complexity index is 584. The molecule has 0 unspecified atom stereocenters. The van der Waals surface area contributed by atoms with E-state index in [1.165, 1.54) is 12.3 Å². The predicted molar refractivity (Wildman–Crippen MR) is 67.0 cm³/mol. The minimum atomic E-state index is -0.122. The lowest BCUT2D eigenvalue weighted by molar-refractivity contribution is 0.281. The van der Waals surface area contributed by atoms with Gasteiger partial charge in [-0.25, -0.2) is 4.98 Å². The number of amidine groups is 1. The van der Waals surface area contributed by atoms with Crippen LogP contribution in [0.1, 0.15) is 11.3 Å². The molecule has 0 aliphatic rings. The molecule has 0 bridgehead atoms. The second-order valence-electron chi connectivity index (χ2n) is 3.61. The fourth-order valence-electron chi connectivity index (χ4n) is 1.35. The maximum Gasteiger partial charge on any atom is 0.322 e. The molecular formula is C12H12N4O3. The van der Waals surface area contributed by atoms with Crippen molar-refractivity contribution in [3.8, 4) is 11.8 Å². The fraction of sp³-hybridized carbons (Fsp3) is 0.0833. The lowest BCUT2D eigenvalue weighted by atomic mass is 10.2. The van der Waals surface area contributed by atoms with Gasteiger partial charge in [0.15, 0.2) is 5.84 Å². The molecular weight excluding hydrogens is 248 g/mol. The van der Waals surface area contributed by atoms with E-state index in [-0.39, 0.29) is 24.1 Å². The Morgan fingerprint density at radius 1 is 1.26 bits per heavy atom. The topological polar surface area (TPSA) is 114 Å². The number of aliphatic hydroxyl groups excluding tert-OH is 1. The van der Waals surface area contributed by atoms with Gasteiger partial charge in [0.2, 0.25) is 0 Å². The van der Waals surface area contributed by atoms with E-state index in [4.69, 9.17) is 20.8 Å². The molecule has 19 heavy (non-hydrogen) atoms. The molecule has 1 heterocycles. The summed E-state index contributed by atoms with van der Waals surface area (Å²) in [6, 6.07) is 8.40. The zero-order valence-electron chi connectivity index (χ0n) is 9.89. The minimum absolute atomic E-state index is 0.0320. The van der Waals surface area contributed by atoms with E-state index in [0.717, 1.165) is 5.56 Å². The number of nitrogens with two attached hydrogens (primary N) is 1. The Hall–Kier alpha value is -2.67. The number of benzene rings is 1. The second-order valence-corrected chi connectivity index (χ2v) is 3.61. The first kappa shape index (κ1) is 12.8. The first-order valence-corrected chi connectivity index (χ1v) is 5.41. The van der Waals surface area contributed by atoms with E-state index in [0.29, 0.717) is 5.75 Å². The van der Waals surface area contributed by atoms with Gasteiger partial charge in [-0.3, -0.25) is 0 Å². The van der Waals surface area contributed by atoms with Crippen molar-refractivity contribution in [3.63, 3.8) is 0 Å². The average molecular weight is 260 g/mol. The molecule has 0 saturated heterocycles. The molecule has 0 saturated carbocycles. The van der Waals surface area contributed by atoms with Crippen LogP contribution in [0.2, 0.25) is 0 Å². The summed E-state index contributed by atoms with van der Waals surface area (Å²) >= 11 is 0. The van der Waals surface area contributed by atoms with Crippen molar-refractivity contribution in [3.05, 3.63) is 47.8 Å². The largest absolute Gasteiger partial charge is 0.424 e. The van der Waals surface area contributed by atoms with E-state index in [2.05, 4.69) is 15.1 Å². The third-order valence-electron chi connectivity index (χ3n) is 2.32. The molecule has 4 N–H and O–H groups in total. The maximum atomic E-state index is 8.93. The van der Waals surface area contributed by atoms with Crippen molar-refractivity contribution in [2.24, 2.45) is 10.9 Å². The number of nitrogens with zero attached hydrogens (tertiary/aromatic N) is 3. The Morgan fingerprint density at radius 2 is 2.00 bits per heavy atom. The monoisotopic (exact) mass is 260 g/mol. The van der Waals surface area contributed by atoms with Crippen LogP contribution in [0.15, 0.2) is 41.7 Å².